The smallest absolute Gasteiger partial charge is 0.0179 e. The first-order valence-electron chi connectivity index (χ1n) is 9.40. The molecule has 1 aliphatic heterocycles. The summed E-state index contributed by atoms with van der Waals surface area (Å²) >= 11 is 0. The van der Waals surface area contributed by atoms with Gasteiger partial charge in [-0.25, -0.2) is 0 Å². The number of hydrogen-bond donors (Lipinski definition) is 1. The third-order valence-corrected chi connectivity index (χ3v) is 5.74. The van der Waals surface area contributed by atoms with E-state index in [1.54, 1.807) is 0 Å². The van der Waals surface area contributed by atoms with Gasteiger partial charge in [0.2, 0.25) is 0 Å². The molecule has 126 valence electrons. The van der Waals surface area contributed by atoms with E-state index in [1.165, 1.54) is 64.5 Å². The summed E-state index contributed by atoms with van der Waals surface area (Å²) in [6.07, 6.45) is 10.6. The summed E-state index contributed by atoms with van der Waals surface area (Å²) in [5.74, 6) is 0. The molecule has 1 atom stereocenters. The minimum absolute atomic E-state index is 0.299. The normalized spacial score (nSPS) is 22.7. The highest BCUT2D eigenvalue weighted by Gasteiger charge is 2.37. The minimum atomic E-state index is 0.299. The topological polar surface area (TPSA) is 15.3 Å². The predicted octanol–water partition coefficient (Wildman–Crippen LogP) is 4.98. The summed E-state index contributed by atoms with van der Waals surface area (Å²) in [4.78, 5) is 2.88. The molecule has 0 amide bonds. The Morgan fingerprint density at radius 3 is 2.29 bits per heavy atom. The maximum atomic E-state index is 3.68. The molecule has 1 unspecified atom stereocenters. The molecule has 1 N–H and O–H groups in total. The molecule has 21 heavy (non-hydrogen) atoms. The van der Waals surface area contributed by atoms with Crippen molar-refractivity contribution in [3.8, 4) is 0 Å². The maximum absolute atomic E-state index is 3.68. The van der Waals surface area contributed by atoms with E-state index in [1.807, 2.05) is 0 Å². The molecule has 0 saturated carbocycles. The molecule has 2 nitrogen and oxygen atoms in total. The summed E-state index contributed by atoms with van der Waals surface area (Å²) in [6.45, 7) is 16.7. The van der Waals surface area contributed by atoms with Crippen LogP contribution in [0.15, 0.2) is 0 Å². The molecule has 0 bridgehead atoms. The first-order chi connectivity index (χ1) is 9.88. The number of nitrogens with one attached hydrogen (secondary N) is 1. The van der Waals surface area contributed by atoms with Gasteiger partial charge in [0.25, 0.3) is 0 Å². The van der Waals surface area contributed by atoms with E-state index < -0.39 is 0 Å². The van der Waals surface area contributed by atoms with E-state index in [2.05, 4.69) is 51.8 Å². The molecule has 1 rings (SSSR count). The van der Waals surface area contributed by atoms with E-state index in [4.69, 9.17) is 0 Å². The number of unbranched alkanes of at least 4 members (excludes halogenated alkanes) is 3. The van der Waals surface area contributed by atoms with Gasteiger partial charge in [-0.2, -0.15) is 0 Å². The molecule has 1 aliphatic rings. The Bertz CT molecular complexity index is 281. The molecule has 0 spiro atoms. The van der Waals surface area contributed by atoms with Crippen molar-refractivity contribution in [2.75, 3.05) is 13.1 Å². The van der Waals surface area contributed by atoms with Crippen LogP contribution in [-0.4, -0.2) is 35.1 Å². The van der Waals surface area contributed by atoms with Crippen molar-refractivity contribution in [2.45, 2.75) is 110 Å². The van der Waals surface area contributed by atoms with Gasteiger partial charge in [0.1, 0.15) is 0 Å². The molecular weight excluding hydrogens is 256 g/mol. The Morgan fingerprint density at radius 2 is 1.76 bits per heavy atom. The van der Waals surface area contributed by atoms with Gasteiger partial charge in [-0.05, 0) is 66.0 Å². The monoisotopic (exact) mass is 296 g/mol. The van der Waals surface area contributed by atoms with E-state index in [9.17, 15) is 0 Å². The largest absolute Gasteiger partial charge is 0.312 e. The van der Waals surface area contributed by atoms with Gasteiger partial charge in [0.15, 0.2) is 0 Å². The van der Waals surface area contributed by atoms with Crippen LogP contribution in [0.25, 0.3) is 0 Å². The lowest BCUT2D eigenvalue weighted by Crippen LogP contribution is -2.58. The Morgan fingerprint density at radius 1 is 1.10 bits per heavy atom. The van der Waals surface area contributed by atoms with Crippen molar-refractivity contribution in [1.82, 2.24) is 10.2 Å². The lowest BCUT2D eigenvalue weighted by molar-refractivity contribution is 0.0153. The van der Waals surface area contributed by atoms with Gasteiger partial charge >= 0.3 is 0 Å². The van der Waals surface area contributed by atoms with Crippen LogP contribution in [0.2, 0.25) is 0 Å². The fraction of sp³-hybridized carbons (Fsp3) is 1.00. The van der Waals surface area contributed by atoms with Crippen LogP contribution >= 0.6 is 0 Å². The van der Waals surface area contributed by atoms with Crippen molar-refractivity contribution in [3.63, 3.8) is 0 Å². The molecule has 1 saturated heterocycles. The summed E-state index contributed by atoms with van der Waals surface area (Å²) in [5, 5.41) is 3.68. The predicted molar refractivity (Wildman–Crippen MR) is 94.9 cm³/mol. The average Bonchev–Trinajstić information content (AvgIpc) is 2.45. The number of piperidine rings is 1. The van der Waals surface area contributed by atoms with Crippen molar-refractivity contribution >= 4 is 0 Å². The zero-order chi connectivity index (χ0) is 15.9. The highest BCUT2D eigenvalue weighted by Crippen LogP contribution is 2.32. The average molecular weight is 297 g/mol. The number of hydrogen-bond acceptors (Lipinski definition) is 2. The molecule has 0 aromatic carbocycles. The zero-order valence-corrected chi connectivity index (χ0v) is 15.6. The van der Waals surface area contributed by atoms with E-state index >= 15 is 0 Å². The first-order valence-corrected chi connectivity index (χ1v) is 9.40. The number of nitrogens with zero attached hydrogens (tertiary/aromatic N) is 1. The van der Waals surface area contributed by atoms with Gasteiger partial charge in [-0.3, -0.25) is 4.90 Å². The fourth-order valence-electron chi connectivity index (χ4n) is 3.86. The van der Waals surface area contributed by atoms with Crippen molar-refractivity contribution in [2.24, 2.45) is 0 Å². The van der Waals surface area contributed by atoms with E-state index in [0.717, 1.165) is 6.04 Å². The second-order valence-corrected chi connectivity index (χ2v) is 7.92. The maximum Gasteiger partial charge on any atom is 0.0179 e. The minimum Gasteiger partial charge on any atom is -0.312 e. The molecule has 1 fully saturated rings. The molecule has 0 aliphatic carbocycles. The van der Waals surface area contributed by atoms with Crippen LogP contribution in [0.3, 0.4) is 0 Å². The van der Waals surface area contributed by atoms with Gasteiger partial charge in [0.05, 0.1) is 0 Å². The fourth-order valence-corrected chi connectivity index (χ4v) is 3.86. The lowest BCUT2D eigenvalue weighted by atomic mass is 9.83. The summed E-state index contributed by atoms with van der Waals surface area (Å²) < 4.78 is 0. The SMILES string of the molecule is CCCCCCN(C1CCNC(C)(C)C1)C(C)(CC)CC. The van der Waals surface area contributed by atoms with Gasteiger partial charge in [-0.1, -0.05) is 40.0 Å². The van der Waals surface area contributed by atoms with Crippen molar-refractivity contribution in [3.05, 3.63) is 0 Å². The Labute approximate surface area is 134 Å². The summed E-state index contributed by atoms with van der Waals surface area (Å²) in [6, 6.07) is 0.757. The quantitative estimate of drug-likeness (QED) is 0.604. The Kier molecular flexibility index (Phi) is 7.70. The molecular formula is C19H40N2. The van der Waals surface area contributed by atoms with E-state index in [0.29, 0.717) is 11.1 Å². The van der Waals surface area contributed by atoms with Gasteiger partial charge in [-0.15, -0.1) is 0 Å². The third-order valence-electron chi connectivity index (χ3n) is 5.74. The molecule has 0 radical (unpaired) electrons. The van der Waals surface area contributed by atoms with Gasteiger partial charge < -0.3 is 5.32 Å². The Balaban J connectivity index is 2.75. The third kappa shape index (κ3) is 5.56. The molecule has 2 heteroatoms. The molecule has 0 aromatic rings. The molecule has 0 aromatic heterocycles. The molecule has 1 heterocycles. The highest BCUT2D eigenvalue weighted by molar-refractivity contribution is 4.96. The van der Waals surface area contributed by atoms with Crippen molar-refractivity contribution in [1.29, 1.82) is 0 Å². The van der Waals surface area contributed by atoms with Crippen LogP contribution in [0.4, 0.5) is 0 Å². The summed E-state index contributed by atoms with van der Waals surface area (Å²) in [5.41, 5.74) is 0.678. The second-order valence-electron chi connectivity index (χ2n) is 7.92. The second kappa shape index (κ2) is 8.53. The highest BCUT2D eigenvalue weighted by atomic mass is 15.2. The van der Waals surface area contributed by atoms with Crippen LogP contribution in [0.5, 0.6) is 0 Å². The van der Waals surface area contributed by atoms with Crippen LogP contribution < -0.4 is 5.32 Å². The summed E-state index contributed by atoms with van der Waals surface area (Å²) in [7, 11) is 0. The standard InChI is InChI=1S/C19H40N2/c1-7-10-11-12-15-21(19(6,8-2)9-3)17-13-14-20-18(4,5)16-17/h17,20H,7-16H2,1-6H3. The van der Waals surface area contributed by atoms with Crippen LogP contribution in [0, 0.1) is 0 Å². The zero-order valence-electron chi connectivity index (χ0n) is 15.6. The van der Waals surface area contributed by atoms with Gasteiger partial charge in [0, 0.05) is 17.1 Å². The van der Waals surface area contributed by atoms with E-state index in [-0.39, 0.29) is 0 Å². The van der Waals surface area contributed by atoms with Crippen molar-refractivity contribution < 1.29 is 0 Å². The number of rotatable bonds is 9. The van der Waals surface area contributed by atoms with Crippen LogP contribution in [0.1, 0.15) is 92.9 Å². The van der Waals surface area contributed by atoms with Crippen LogP contribution in [-0.2, 0) is 0 Å². The first kappa shape index (κ1) is 19.0. The lowest BCUT2D eigenvalue weighted by Gasteiger charge is -2.50. The Hall–Kier alpha value is -0.0800.